The minimum atomic E-state index is 0.838. The number of rotatable bonds is 3. The quantitative estimate of drug-likeness (QED) is 0.722. The molecule has 2 rings (SSSR count). The molecule has 17 heavy (non-hydrogen) atoms. The molecule has 1 aromatic carbocycles. The van der Waals surface area contributed by atoms with E-state index in [2.05, 4.69) is 73.9 Å². The fraction of sp³-hybridized carbons (Fsp3) is 0.250. The first-order chi connectivity index (χ1) is 8.06. The second-order valence-electron chi connectivity index (χ2n) is 3.72. The molecule has 0 fully saturated rings. The van der Waals surface area contributed by atoms with Crippen LogP contribution in [0.1, 0.15) is 15.6 Å². The van der Waals surface area contributed by atoms with Crippen LogP contribution in [0.5, 0.6) is 0 Å². The van der Waals surface area contributed by atoms with Crippen LogP contribution in [0.25, 0.3) is 0 Å². The summed E-state index contributed by atoms with van der Waals surface area (Å²) in [5.74, 6) is 0. The molecule has 0 saturated carbocycles. The van der Waals surface area contributed by atoms with Gasteiger partial charge in [0, 0.05) is 18.6 Å². The molecule has 0 saturated heterocycles. The van der Waals surface area contributed by atoms with Crippen molar-refractivity contribution in [3.63, 3.8) is 0 Å². The molecule has 0 aliphatic carbocycles. The van der Waals surface area contributed by atoms with Crippen LogP contribution in [0.2, 0.25) is 0 Å². The summed E-state index contributed by atoms with van der Waals surface area (Å²) < 4.78 is 2.35. The lowest BCUT2D eigenvalue weighted by atomic mass is 10.3. The van der Waals surface area contributed by atoms with Crippen LogP contribution in [0.15, 0.2) is 22.7 Å². The van der Waals surface area contributed by atoms with Gasteiger partial charge in [-0.15, -0.1) is 11.3 Å². The molecular weight excluding hydrogens is 411 g/mol. The molecule has 2 nitrogen and oxygen atoms in total. The Morgan fingerprint density at radius 3 is 2.76 bits per heavy atom. The summed E-state index contributed by atoms with van der Waals surface area (Å²) in [5, 5.41) is 4.55. The van der Waals surface area contributed by atoms with Gasteiger partial charge in [0.05, 0.1) is 17.2 Å². The zero-order chi connectivity index (χ0) is 12.4. The van der Waals surface area contributed by atoms with E-state index in [9.17, 15) is 0 Å². The first-order valence-electron chi connectivity index (χ1n) is 5.18. The van der Waals surface area contributed by atoms with Gasteiger partial charge in [-0.3, -0.25) is 0 Å². The van der Waals surface area contributed by atoms with Crippen molar-refractivity contribution in [2.24, 2.45) is 0 Å². The van der Waals surface area contributed by atoms with Crippen molar-refractivity contribution in [2.45, 2.75) is 20.4 Å². The highest BCUT2D eigenvalue weighted by Crippen LogP contribution is 2.24. The highest BCUT2D eigenvalue weighted by Gasteiger charge is 2.04. The van der Waals surface area contributed by atoms with E-state index >= 15 is 0 Å². The molecule has 0 aliphatic rings. The first-order valence-corrected chi connectivity index (χ1v) is 7.87. The monoisotopic (exact) mass is 422 g/mol. The Morgan fingerprint density at radius 2 is 2.18 bits per heavy atom. The van der Waals surface area contributed by atoms with E-state index in [1.165, 1.54) is 8.45 Å². The average molecular weight is 423 g/mol. The topological polar surface area (TPSA) is 24.9 Å². The molecule has 0 spiro atoms. The molecule has 0 radical (unpaired) electrons. The van der Waals surface area contributed by atoms with Crippen LogP contribution >= 0.6 is 49.9 Å². The third-order valence-electron chi connectivity index (χ3n) is 2.37. The second-order valence-corrected chi connectivity index (χ2v) is 7.03. The van der Waals surface area contributed by atoms with Crippen LogP contribution in [0.3, 0.4) is 0 Å². The van der Waals surface area contributed by atoms with Crippen molar-refractivity contribution in [3.05, 3.63) is 41.8 Å². The average Bonchev–Trinajstić information content (AvgIpc) is 2.59. The number of anilines is 1. The summed E-state index contributed by atoms with van der Waals surface area (Å²) in [4.78, 5) is 5.73. The molecule has 0 bridgehead atoms. The number of aromatic nitrogens is 1. The van der Waals surface area contributed by atoms with Crippen molar-refractivity contribution in [1.82, 2.24) is 4.98 Å². The van der Waals surface area contributed by atoms with Crippen molar-refractivity contribution < 1.29 is 0 Å². The van der Waals surface area contributed by atoms with Crippen molar-refractivity contribution in [1.29, 1.82) is 0 Å². The van der Waals surface area contributed by atoms with E-state index in [0.717, 1.165) is 27.4 Å². The molecule has 0 atom stereocenters. The standard InChI is InChI=1S/C12H12BrIN2S/c1-7-12(17-8(2)16-7)6-15-9-3-4-11(14)10(13)5-9/h3-5,15H,6H2,1-2H3. The third-order valence-corrected chi connectivity index (χ3v) is 5.78. The molecule has 1 N–H and O–H groups in total. The summed E-state index contributed by atoms with van der Waals surface area (Å²) in [7, 11) is 0. The largest absolute Gasteiger partial charge is 0.380 e. The maximum Gasteiger partial charge on any atom is 0.0900 e. The van der Waals surface area contributed by atoms with E-state index in [1.807, 2.05) is 6.92 Å². The van der Waals surface area contributed by atoms with Crippen LogP contribution < -0.4 is 5.32 Å². The zero-order valence-corrected chi connectivity index (χ0v) is 14.1. The van der Waals surface area contributed by atoms with Gasteiger partial charge >= 0.3 is 0 Å². The van der Waals surface area contributed by atoms with E-state index in [-0.39, 0.29) is 0 Å². The molecule has 0 aliphatic heterocycles. The van der Waals surface area contributed by atoms with Crippen LogP contribution in [0.4, 0.5) is 5.69 Å². The van der Waals surface area contributed by atoms with Gasteiger partial charge in [-0.05, 0) is 70.6 Å². The third kappa shape index (κ3) is 3.42. The molecule has 5 heteroatoms. The van der Waals surface area contributed by atoms with E-state index < -0.39 is 0 Å². The number of nitrogens with zero attached hydrogens (tertiary/aromatic N) is 1. The summed E-state index contributed by atoms with van der Waals surface area (Å²) in [6, 6.07) is 6.29. The van der Waals surface area contributed by atoms with Crippen LogP contribution in [0, 0.1) is 17.4 Å². The van der Waals surface area contributed by atoms with Gasteiger partial charge < -0.3 is 5.32 Å². The lowest BCUT2D eigenvalue weighted by Gasteiger charge is -2.06. The Bertz CT molecular complexity index is 539. The van der Waals surface area contributed by atoms with Gasteiger partial charge in [-0.2, -0.15) is 0 Å². The van der Waals surface area contributed by atoms with E-state index in [1.54, 1.807) is 11.3 Å². The summed E-state index contributed by atoms with van der Waals surface area (Å²) in [5.41, 5.74) is 2.26. The summed E-state index contributed by atoms with van der Waals surface area (Å²) in [6.45, 7) is 4.94. The van der Waals surface area contributed by atoms with Gasteiger partial charge in [0.2, 0.25) is 0 Å². The highest BCUT2D eigenvalue weighted by atomic mass is 127. The first kappa shape index (κ1) is 13.3. The summed E-state index contributed by atoms with van der Waals surface area (Å²) in [6.07, 6.45) is 0. The van der Waals surface area contributed by atoms with Gasteiger partial charge in [-0.1, -0.05) is 0 Å². The molecule has 90 valence electrons. The van der Waals surface area contributed by atoms with Gasteiger partial charge in [0.1, 0.15) is 0 Å². The smallest absolute Gasteiger partial charge is 0.0900 e. The Hall–Kier alpha value is -0.140. The number of nitrogens with one attached hydrogen (secondary N) is 1. The molecule has 1 aromatic heterocycles. The molecule has 0 unspecified atom stereocenters. The molecular formula is C12H12BrIN2S. The lowest BCUT2D eigenvalue weighted by Crippen LogP contribution is -1.99. The number of halogens is 2. The number of hydrogen-bond acceptors (Lipinski definition) is 3. The Labute approximate surface area is 127 Å². The number of hydrogen-bond donors (Lipinski definition) is 1. The second kappa shape index (κ2) is 5.67. The number of thiazole rings is 1. The Kier molecular flexibility index (Phi) is 4.43. The van der Waals surface area contributed by atoms with E-state index in [4.69, 9.17) is 0 Å². The predicted octanol–water partition coefficient (Wildman–Crippen LogP) is 4.74. The minimum absolute atomic E-state index is 0.838. The van der Waals surface area contributed by atoms with Gasteiger partial charge in [-0.25, -0.2) is 4.98 Å². The Morgan fingerprint density at radius 1 is 1.41 bits per heavy atom. The minimum Gasteiger partial charge on any atom is -0.380 e. The normalized spacial score (nSPS) is 10.6. The molecule has 2 aromatic rings. The van der Waals surface area contributed by atoms with Crippen molar-refractivity contribution >= 4 is 55.5 Å². The number of benzene rings is 1. The zero-order valence-electron chi connectivity index (χ0n) is 9.55. The van der Waals surface area contributed by atoms with Crippen LogP contribution in [-0.4, -0.2) is 4.98 Å². The number of aryl methyl sites for hydroxylation is 2. The van der Waals surface area contributed by atoms with Gasteiger partial charge in [0.15, 0.2) is 0 Å². The van der Waals surface area contributed by atoms with Crippen molar-refractivity contribution in [2.75, 3.05) is 5.32 Å². The van der Waals surface area contributed by atoms with E-state index in [0.29, 0.717) is 0 Å². The van der Waals surface area contributed by atoms with Crippen molar-refractivity contribution in [3.8, 4) is 0 Å². The predicted molar refractivity (Wildman–Crippen MR) is 85.8 cm³/mol. The Balaban J connectivity index is 2.07. The maximum absolute atomic E-state index is 4.42. The highest BCUT2D eigenvalue weighted by molar-refractivity contribution is 14.1. The van der Waals surface area contributed by atoms with Gasteiger partial charge in [0.25, 0.3) is 0 Å². The summed E-state index contributed by atoms with van der Waals surface area (Å²) >= 11 is 7.59. The molecule has 0 amide bonds. The SMILES string of the molecule is Cc1nc(C)c(CNc2ccc(I)c(Br)c2)s1. The lowest BCUT2D eigenvalue weighted by molar-refractivity contribution is 1.11. The maximum atomic E-state index is 4.42. The fourth-order valence-corrected chi connectivity index (χ4v) is 3.12. The van der Waals surface area contributed by atoms with Crippen LogP contribution in [-0.2, 0) is 6.54 Å². The fourth-order valence-electron chi connectivity index (χ4n) is 1.53. The molecule has 1 heterocycles.